The summed E-state index contributed by atoms with van der Waals surface area (Å²) in [6.45, 7) is 2.07. The molecule has 3 rings (SSSR count). The van der Waals surface area contributed by atoms with E-state index in [-0.39, 0.29) is 5.56 Å². The molecule has 0 radical (unpaired) electrons. The first-order valence-corrected chi connectivity index (χ1v) is 7.69. The Kier molecular flexibility index (Phi) is 3.38. The predicted octanol–water partition coefficient (Wildman–Crippen LogP) is 4.55. The quantitative estimate of drug-likeness (QED) is 0.772. The van der Waals surface area contributed by atoms with E-state index in [9.17, 15) is 4.79 Å². The maximum absolute atomic E-state index is 11.0. The first kappa shape index (κ1) is 13.0. The van der Waals surface area contributed by atoms with E-state index in [0.717, 1.165) is 21.1 Å². The molecule has 0 spiro atoms. The predicted molar refractivity (Wildman–Crippen MR) is 82.6 cm³/mol. The number of aromatic nitrogens is 1. The minimum absolute atomic E-state index is 0.284. The van der Waals surface area contributed by atoms with Crippen LogP contribution in [0.25, 0.3) is 21.1 Å². The number of carboxylic acid groups (broad SMARTS) is 1. The molecule has 0 aliphatic rings. The van der Waals surface area contributed by atoms with Crippen molar-refractivity contribution >= 4 is 28.6 Å². The molecule has 3 aromatic rings. The maximum atomic E-state index is 11.0. The van der Waals surface area contributed by atoms with Crippen LogP contribution in [0.1, 0.15) is 15.2 Å². The second kappa shape index (κ2) is 5.19. The number of aryl methyl sites for hydroxylation is 1. The molecule has 0 bridgehead atoms. The van der Waals surface area contributed by atoms with Gasteiger partial charge in [-0.15, -0.1) is 22.7 Å². The van der Waals surface area contributed by atoms with Gasteiger partial charge in [-0.2, -0.15) is 0 Å². The molecule has 2 aromatic heterocycles. The number of thiophene rings is 1. The Morgan fingerprint density at radius 3 is 2.80 bits per heavy atom. The smallest absolute Gasteiger partial charge is 0.335 e. The van der Waals surface area contributed by atoms with Gasteiger partial charge in [0.15, 0.2) is 0 Å². The molecule has 1 aromatic carbocycles. The van der Waals surface area contributed by atoms with Crippen molar-refractivity contribution in [2.24, 2.45) is 0 Å². The van der Waals surface area contributed by atoms with Gasteiger partial charge in [-0.25, -0.2) is 9.78 Å². The highest BCUT2D eigenvalue weighted by atomic mass is 32.1. The Morgan fingerprint density at radius 1 is 1.25 bits per heavy atom. The van der Waals surface area contributed by atoms with Crippen molar-refractivity contribution in [2.45, 2.75) is 6.92 Å². The largest absolute Gasteiger partial charge is 0.478 e. The summed E-state index contributed by atoms with van der Waals surface area (Å²) in [6, 6.07) is 11.0. The molecular weight excluding hydrogens is 290 g/mol. The highest BCUT2D eigenvalue weighted by molar-refractivity contribution is 7.16. The number of carboxylic acids is 1. The van der Waals surface area contributed by atoms with Crippen LogP contribution in [-0.2, 0) is 0 Å². The Hall–Kier alpha value is -1.98. The Morgan fingerprint density at radius 2 is 2.10 bits per heavy atom. The van der Waals surface area contributed by atoms with Gasteiger partial charge in [-0.05, 0) is 31.2 Å². The topological polar surface area (TPSA) is 50.2 Å². The molecule has 0 saturated carbocycles. The van der Waals surface area contributed by atoms with E-state index < -0.39 is 5.97 Å². The second-order valence-electron chi connectivity index (χ2n) is 4.33. The van der Waals surface area contributed by atoms with Crippen LogP contribution in [0.15, 0.2) is 41.8 Å². The number of rotatable bonds is 3. The van der Waals surface area contributed by atoms with E-state index in [1.54, 1.807) is 29.5 Å². The maximum Gasteiger partial charge on any atom is 0.335 e. The molecule has 0 atom stereocenters. The van der Waals surface area contributed by atoms with Crippen LogP contribution >= 0.6 is 22.7 Å². The molecule has 2 heterocycles. The number of benzene rings is 1. The third-order valence-corrected chi connectivity index (χ3v) is 4.77. The highest BCUT2D eigenvalue weighted by Crippen LogP contribution is 2.32. The van der Waals surface area contributed by atoms with Crippen molar-refractivity contribution < 1.29 is 9.90 Å². The SMILES string of the molecule is Cc1ccc(-c2csc(-c3cccc(C(=O)O)c3)n2)s1. The molecule has 0 amide bonds. The van der Waals surface area contributed by atoms with Gasteiger partial charge < -0.3 is 5.11 Å². The van der Waals surface area contributed by atoms with Crippen LogP contribution in [-0.4, -0.2) is 16.1 Å². The zero-order chi connectivity index (χ0) is 14.1. The van der Waals surface area contributed by atoms with Gasteiger partial charge in [-0.1, -0.05) is 12.1 Å². The van der Waals surface area contributed by atoms with Crippen LogP contribution in [0.3, 0.4) is 0 Å². The molecule has 0 aliphatic heterocycles. The van der Waals surface area contributed by atoms with Gasteiger partial charge in [0.25, 0.3) is 0 Å². The Labute approximate surface area is 124 Å². The molecular formula is C15H11NO2S2. The molecule has 20 heavy (non-hydrogen) atoms. The number of nitrogens with zero attached hydrogens (tertiary/aromatic N) is 1. The molecule has 1 N–H and O–H groups in total. The molecule has 0 unspecified atom stereocenters. The average Bonchev–Trinajstić information content (AvgIpc) is 3.07. The minimum Gasteiger partial charge on any atom is -0.478 e. The van der Waals surface area contributed by atoms with Crippen molar-refractivity contribution in [3.63, 3.8) is 0 Å². The van der Waals surface area contributed by atoms with Crippen LogP contribution in [0, 0.1) is 6.92 Å². The fourth-order valence-corrected chi connectivity index (χ4v) is 3.60. The second-order valence-corrected chi connectivity index (χ2v) is 6.48. The third kappa shape index (κ3) is 2.50. The van der Waals surface area contributed by atoms with Crippen molar-refractivity contribution in [1.29, 1.82) is 0 Å². The fourth-order valence-electron chi connectivity index (χ4n) is 1.88. The normalized spacial score (nSPS) is 10.7. The lowest BCUT2D eigenvalue weighted by Gasteiger charge is -1.98. The molecule has 0 saturated heterocycles. The van der Waals surface area contributed by atoms with Crippen molar-refractivity contribution in [2.75, 3.05) is 0 Å². The Balaban J connectivity index is 1.98. The Bertz CT molecular complexity index is 774. The van der Waals surface area contributed by atoms with Crippen molar-refractivity contribution in [3.05, 3.63) is 52.2 Å². The van der Waals surface area contributed by atoms with Crippen molar-refractivity contribution in [3.8, 4) is 21.1 Å². The van der Waals surface area contributed by atoms with Gasteiger partial charge in [0, 0.05) is 15.8 Å². The molecule has 100 valence electrons. The zero-order valence-corrected chi connectivity index (χ0v) is 12.3. The summed E-state index contributed by atoms with van der Waals surface area (Å²) in [5.74, 6) is -0.919. The van der Waals surface area contributed by atoms with Crippen LogP contribution < -0.4 is 0 Å². The highest BCUT2D eigenvalue weighted by Gasteiger charge is 2.10. The lowest BCUT2D eigenvalue weighted by atomic mass is 10.1. The lowest BCUT2D eigenvalue weighted by molar-refractivity contribution is 0.0697. The van der Waals surface area contributed by atoms with Crippen LogP contribution in [0.5, 0.6) is 0 Å². The molecule has 3 nitrogen and oxygen atoms in total. The van der Waals surface area contributed by atoms with E-state index in [1.165, 1.54) is 16.2 Å². The van der Waals surface area contributed by atoms with E-state index in [0.29, 0.717) is 0 Å². The van der Waals surface area contributed by atoms with Crippen molar-refractivity contribution in [1.82, 2.24) is 4.98 Å². The zero-order valence-electron chi connectivity index (χ0n) is 10.7. The summed E-state index contributed by atoms with van der Waals surface area (Å²) in [7, 11) is 0. The summed E-state index contributed by atoms with van der Waals surface area (Å²) >= 11 is 3.24. The summed E-state index contributed by atoms with van der Waals surface area (Å²) in [5, 5.41) is 11.9. The number of hydrogen-bond acceptors (Lipinski definition) is 4. The molecule has 0 fully saturated rings. The lowest BCUT2D eigenvalue weighted by Crippen LogP contribution is -1.95. The van der Waals surface area contributed by atoms with E-state index >= 15 is 0 Å². The first-order valence-electron chi connectivity index (χ1n) is 5.99. The van der Waals surface area contributed by atoms with Crippen LogP contribution in [0.4, 0.5) is 0 Å². The summed E-state index contributed by atoms with van der Waals surface area (Å²) in [5.41, 5.74) is 2.07. The third-order valence-electron chi connectivity index (χ3n) is 2.85. The van der Waals surface area contributed by atoms with Gasteiger partial charge in [0.05, 0.1) is 16.1 Å². The number of hydrogen-bond donors (Lipinski definition) is 1. The van der Waals surface area contributed by atoms with Gasteiger partial charge in [0.2, 0.25) is 0 Å². The summed E-state index contributed by atoms with van der Waals surface area (Å²) in [6.07, 6.45) is 0. The monoisotopic (exact) mass is 301 g/mol. The standard InChI is InChI=1S/C15H11NO2S2/c1-9-5-6-13(20-9)12-8-19-14(16-12)10-3-2-4-11(7-10)15(17)18/h2-8H,1H3,(H,17,18). The van der Waals surface area contributed by atoms with Gasteiger partial charge >= 0.3 is 5.97 Å². The van der Waals surface area contributed by atoms with Gasteiger partial charge in [-0.3, -0.25) is 0 Å². The number of aromatic carboxylic acids is 1. The van der Waals surface area contributed by atoms with Crippen LogP contribution in [0.2, 0.25) is 0 Å². The average molecular weight is 301 g/mol. The fraction of sp³-hybridized carbons (Fsp3) is 0.0667. The number of thiazole rings is 1. The number of carbonyl (C=O) groups is 1. The summed E-state index contributed by atoms with van der Waals surface area (Å²) in [4.78, 5) is 18.0. The van der Waals surface area contributed by atoms with E-state index in [4.69, 9.17) is 5.11 Å². The minimum atomic E-state index is -0.919. The van der Waals surface area contributed by atoms with E-state index in [2.05, 4.69) is 24.0 Å². The molecule has 0 aliphatic carbocycles. The van der Waals surface area contributed by atoms with Gasteiger partial charge in [0.1, 0.15) is 5.01 Å². The summed E-state index contributed by atoms with van der Waals surface area (Å²) < 4.78 is 0. The molecule has 5 heteroatoms. The van der Waals surface area contributed by atoms with E-state index in [1.807, 2.05) is 11.4 Å². The first-order chi connectivity index (χ1) is 9.63.